The highest BCUT2D eigenvalue weighted by Crippen LogP contribution is 2.28. The molecule has 0 saturated carbocycles. The van der Waals surface area contributed by atoms with E-state index in [1.807, 2.05) is 0 Å². The summed E-state index contributed by atoms with van der Waals surface area (Å²) in [6.45, 7) is 0.838. The van der Waals surface area contributed by atoms with E-state index >= 15 is 0 Å². The van der Waals surface area contributed by atoms with E-state index < -0.39 is 15.9 Å². The van der Waals surface area contributed by atoms with Crippen molar-refractivity contribution < 1.29 is 27.5 Å². The van der Waals surface area contributed by atoms with Gasteiger partial charge in [-0.1, -0.05) is 17.7 Å². The van der Waals surface area contributed by atoms with E-state index in [1.54, 1.807) is 24.3 Å². The molecule has 0 unspecified atom stereocenters. The lowest BCUT2D eigenvalue weighted by molar-refractivity contribution is -0.116. The van der Waals surface area contributed by atoms with Crippen LogP contribution in [0.3, 0.4) is 0 Å². The number of halogens is 1. The lowest BCUT2D eigenvalue weighted by atomic mass is 10.2. The zero-order valence-electron chi connectivity index (χ0n) is 17.7. The van der Waals surface area contributed by atoms with Gasteiger partial charge in [0.2, 0.25) is 15.9 Å². The number of hydrogen-bond acceptors (Lipinski definition) is 6. The summed E-state index contributed by atoms with van der Waals surface area (Å²) in [7, 11) is -0.838. The Morgan fingerprint density at radius 3 is 2.59 bits per heavy atom. The Balaban J connectivity index is 1.69. The normalized spacial score (nSPS) is 14.6. The number of likely N-dealkylation sites (N-methyl/N-ethyl adjacent to an activating group) is 1. The number of anilines is 1. The van der Waals surface area contributed by atoms with Crippen LogP contribution in [0.4, 0.5) is 5.69 Å². The quantitative estimate of drug-likeness (QED) is 0.649. The predicted molar refractivity (Wildman–Crippen MR) is 120 cm³/mol. The monoisotopic (exact) mass is 481 g/mol. The minimum atomic E-state index is -3.84. The van der Waals surface area contributed by atoms with Crippen LogP contribution in [0, 0.1) is 0 Å². The lowest BCUT2D eigenvalue weighted by Gasteiger charge is -2.26. The Labute approximate surface area is 191 Å². The number of carbonyl (C=O) groups excluding carboxylic acids is 2. The second-order valence-corrected chi connectivity index (χ2v) is 9.42. The van der Waals surface area contributed by atoms with Crippen LogP contribution < -0.4 is 10.1 Å². The fourth-order valence-electron chi connectivity index (χ4n) is 3.17. The SMILES string of the molecule is COc1cccc(C(=O)N(C)CC(=O)Nc2ccc(Cl)c(S(=O)(=O)N3CCOCC3)c2)c1. The maximum Gasteiger partial charge on any atom is 0.254 e. The van der Waals surface area contributed by atoms with E-state index in [2.05, 4.69) is 5.32 Å². The molecule has 1 saturated heterocycles. The van der Waals surface area contributed by atoms with Crippen molar-refractivity contribution >= 4 is 39.1 Å². The molecule has 2 amide bonds. The molecule has 9 nitrogen and oxygen atoms in total. The number of hydrogen-bond donors (Lipinski definition) is 1. The molecule has 1 aliphatic rings. The summed E-state index contributed by atoms with van der Waals surface area (Å²) in [5.41, 5.74) is 0.637. The van der Waals surface area contributed by atoms with Crippen molar-refractivity contribution in [1.29, 1.82) is 0 Å². The molecule has 1 fully saturated rings. The maximum atomic E-state index is 12.9. The second kappa shape index (κ2) is 10.3. The third-order valence-corrected chi connectivity index (χ3v) is 7.23. The summed E-state index contributed by atoms with van der Waals surface area (Å²) in [6, 6.07) is 10.8. The van der Waals surface area contributed by atoms with Gasteiger partial charge in [0.25, 0.3) is 5.91 Å². The molecule has 1 heterocycles. The van der Waals surface area contributed by atoms with E-state index in [9.17, 15) is 18.0 Å². The first-order chi connectivity index (χ1) is 15.2. The van der Waals surface area contributed by atoms with Gasteiger partial charge in [-0.2, -0.15) is 4.31 Å². The number of nitrogens with zero attached hydrogens (tertiary/aromatic N) is 2. The zero-order valence-corrected chi connectivity index (χ0v) is 19.3. The lowest BCUT2D eigenvalue weighted by Crippen LogP contribution is -2.40. The van der Waals surface area contributed by atoms with Crippen LogP contribution in [0.1, 0.15) is 10.4 Å². The zero-order chi connectivity index (χ0) is 23.3. The molecule has 2 aromatic rings. The summed E-state index contributed by atoms with van der Waals surface area (Å²) in [5, 5.41) is 2.68. The third kappa shape index (κ3) is 5.57. The average molecular weight is 482 g/mol. The minimum absolute atomic E-state index is 0.0554. The van der Waals surface area contributed by atoms with Gasteiger partial charge in [-0.05, 0) is 36.4 Å². The molecule has 0 aliphatic carbocycles. The number of amides is 2. The Hall–Kier alpha value is -2.66. The molecule has 3 rings (SSSR count). The van der Waals surface area contributed by atoms with Gasteiger partial charge in [-0.3, -0.25) is 9.59 Å². The molecule has 11 heteroatoms. The molecule has 1 aliphatic heterocycles. The van der Waals surface area contributed by atoms with Crippen LogP contribution in [0.5, 0.6) is 5.75 Å². The van der Waals surface area contributed by atoms with Crippen molar-refractivity contribution in [2.45, 2.75) is 4.90 Å². The summed E-state index contributed by atoms with van der Waals surface area (Å²) < 4.78 is 37.5. The van der Waals surface area contributed by atoms with Gasteiger partial charge in [0.1, 0.15) is 10.6 Å². The Bertz CT molecular complexity index is 1100. The topological polar surface area (TPSA) is 105 Å². The van der Waals surface area contributed by atoms with E-state index in [-0.39, 0.29) is 41.1 Å². The second-order valence-electron chi connectivity index (χ2n) is 7.10. The molecular weight excluding hydrogens is 458 g/mol. The molecule has 0 aromatic heterocycles. The van der Waals surface area contributed by atoms with Crippen molar-refractivity contribution in [2.75, 3.05) is 52.3 Å². The van der Waals surface area contributed by atoms with Gasteiger partial charge in [-0.15, -0.1) is 0 Å². The number of benzene rings is 2. The molecule has 0 radical (unpaired) electrons. The molecule has 0 spiro atoms. The number of rotatable bonds is 7. The molecule has 172 valence electrons. The Kier molecular flexibility index (Phi) is 7.73. The van der Waals surface area contributed by atoms with E-state index in [0.29, 0.717) is 24.5 Å². The van der Waals surface area contributed by atoms with Gasteiger partial charge < -0.3 is 19.7 Å². The predicted octanol–water partition coefficient (Wildman–Crippen LogP) is 2.08. The van der Waals surface area contributed by atoms with E-state index in [4.69, 9.17) is 21.1 Å². The highest BCUT2D eigenvalue weighted by molar-refractivity contribution is 7.89. The van der Waals surface area contributed by atoms with Crippen molar-refractivity contribution in [3.63, 3.8) is 0 Å². The van der Waals surface area contributed by atoms with Crippen LogP contribution in [0.25, 0.3) is 0 Å². The van der Waals surface area contributed by atoms with Gasteiger partial charge in [0.15, 0.2) is 0 Å². The molecule has 1 N–H and O–H groups in total. The van der Waals surface area contributed by atoms with Gasteiger partial charge in [0.05, 0.1) is 31.9 Å². The number of ether oxygens (including phenoxy) is 2. The van der Waals surface area contributed by atoms with Crippen molar-refractivity contribution in [3.05, 3.63) is 53.1 Å². The summed E-state index contributed by atoms with van der Waals surface area (Å²) in [4.78, 5) is 26.2. The van der Waals surface area contributed by atoms with Crippen LogP contribution in [0.15, 0.2) is 47.4 Å². The van der Waals surface area contributed by atoms with Crippen molar-refractivity contribution in [3.8, 4) is 5.75 Å². The summed E-state index contributed by atoms with van der Waals surface area (Å²) in [6.07, 6.45) is 0. The molecule has 32 heavy (non-hydrogen) atoms. The molecule has 2 aromatic carbocycles. The molecule has 0 atom stereocenters. The number of carbonyl (C=O) groups is 2. The van der Waals surface area contributed by atoms with Crippen LogP contribution in [0.2, 0.25) is 5.02 Å². The van der Waals surface area contributed by atoms with Gasteiger partial charge >= 0.3 is 0 Å². The van der Waals surface area contributed by atoms with E-state index in [0.717, 1.165) is 0 Å². The number of sulfonamides is 1. The first-order valence-electron chi connectivity index (χ1n) is 9.79. The maximum absolute atomic E-state index is 12.9. The largest absolute Gasteiger partial charge is 0.497 e. The van der Waals surface area contributed by atoms with Crippen LogP contribution in [-0.4, -0.2) is 76.4 Å². The summed E-state index contributed by atoms with van der Waals surface area (Å²) in [5.74, 6) is -0.310. The van der Waals surface area contributed by atoms with Crippen molar-refractivity contribution in [1.82, 2.24) is 9.21 Å². The molecular formula is C21H24ClN3O6S. The van der Waals surface area contributed by atoms with Crippen molar-refractivity contribution in [2.24, 2.45) is 0 Å². The minimum Gasteiger partial charge on any atom is -0.497 e. The Morgan fingerprint density at radius 2 is 1.91 bits per heavy atom. The number of morpholine rings is 1. The fraction of sp³-hybridized carbons (Fsp3) is 0.333. The average Bonchev–Trinajstić information content (AvgIpc) is 2.80. The smallest absolute Gasteiger partial charge is 0.254 e. The molecule has 0 bridgehead atoms. The van der Waals surface area contributed by atoms with Gasteiger partial charge in [-0.25, -0.2) is 8.42 Å². The van der Waals surface area contributed by atoms with Crippen LogP contribution in [-0.2, 0) is 19.6 Å². The van der Waals surface area contributed by atoms with Crippen LogP contribution >= 0.6 is 11.6 Å². The fourth-order valence-corrected chi connectivity index (χ4v) is 5.08. The van der Waals surface area contributed by atoms with Gasteiger partial charge in [0, 0.05) is 31.4 Å². The number of nitrogens with one attached hydrogen (secondary N) is 1. The summed E-state index contributed by atoms with van der Waals surface area (Å²) >= 11 is 6.14. The first kappa shape index (κ1) is 24.0. The standard InChI is InChI=1S/C21H24ClN3O6S/c1-24(21(27)15-4-3-5-17(12-15)30-2)14-20(26)23-16-6-7-18(22)19(13-16)32(28,29)25-8-10-31-11-9-25/h3-7,12-13H,8-11,14H2,1-2H3,(H,23,26). The van der Waals surface area contributed by atoms with E-state index in [1.165, 1.54) is 41.6 Å². The Morgan fingerprint density at radius 1 is 1.19 bits per heavy atom. The highest BCUT2D eigenvalue weighted by Gasteiger charge is 2.28. The highest BCUT2D eigenvalue weighted by atomic mass is 35.5. The first-order valence-corrected chi connectivity index (χ1v) is 11.6. The number of methoxy groups -OCH3 is 1. The third-order valence-electron chi connectivity index (χ3n) is 4.85.